The van der Waals surface area contributed by atoms with E-state index in [0.29, 0.717) is 0 Å². The molecule has 2 aromatic carbocycles. The summed E-state index contributed by atoms with van der Waals surface area (Å²) in [6.45, 7) is 2.03. The molecule has 0 fully saturated rings. The standard InChI is InChI=1S/C18H21NOS/c1-13-6-4-9-15(12-13)21(20)17-11-5-8-14-7-2-3-10-16(14)18(17)19/h2-4,6-7,9-10,12,17-18H,5,8,11,19H2,1H3. The predicted molar refractivity (Wildman–Crippen MR) is 87.7 cm³/mol. The second-order valence-corrected chi connectivity index (χ2v) is 7.44. The molecule has 0 bridgehead atoms. The highest BCUT2D eigenvalue weighted by Gasteiger charge is 2.29. The lowest BCUT2D eigenvalue weighted by Gasteiger charge is -2.22. The molecule has 2 nitrogen and oxygen atoms in total. The van der Waals surface area contributed by atoms with Gasteiger partial charge in [-0.3, -0.25) is 4.21 Å². The first-order valence-electron chi connectivity index (χ1n) is 7.47. The summed E-state index contributed by atoms with van der Waals surface area (Å²) >= 11 is 0. The van der Waals surface area contributed by atoms with Gasteiger partial charge in [0.05, 0.1) is 16.0 Å². The van der Waals surface area contributed by atoms with Gasteiger partial charge in [-0.2, -0.15) is 0 Å². The topological polar surface area (TPSA) is 43.1 Å². The van der Waals surface area contributed by atoms with Crippen LogP contribution in [0.4, 0.5) is 0 Å². The summed E-state index contributed by atoms with van der Waals surface area (Å²) in [6, 6.07) is 16.1. The van der Waals surface area contributed by atoms with Crippen molar-refractivity contribution in [3.05, 3.63) is 65.2 Å². The molecule has 0 aliphatic heterocycles. The van der Waals surface area contributed by atoms with Crippen molar-refractivity contribution >= 4 is 10.8 Å². The van der Waals surface area contributed by atoms with Crippen molar-refractivity contribution in [1.82, 2.24) is 0 Å². The highest BCUT2D eigenvalue weighted by molar-refractivity contribution is 7.85. The smallest absolute Gasteiger partial charge is 0.0587 e. The van der Waals surface area contributed by atoms with Gasteiger partial charge in [-0.1, -0.05) is 36.4 Å². The van der Waals surface area contributed by atoms with Gasteiger partial charge in [0.1, 0.15) is 0 Å². The van der Waals surface area contributed by atoms with Crippen LogP contribution < -0.4 is 5.73 Å². The van der Waals surface area contributed by atoms with Crippen molar-refractivity contribution in [3.8, 4) is 0 Å². The molecule has 0 radical (unpaired) electrons. The number of fused-ring (bicyclic) bond motifs is 1. The Balaban J connectivity index is 1.94. The molecule has 2 aromatic rings. The fourth-order valence-corrected chi connectivity index (χ4v) is 4.77. The molecule has 0 spiro atoms. The predicted octanol–water partition coefficient (Wildman–Crippen LogP) is 3.51. The summed E-state index contributed by atoms with van der Waals surface area (Å²) in [5.74, 6) is 0. The van der Waals surface area contributed by atoms with Gasteiger partial charge in [0.25, 0.3) is 0 Å². The van der Waals surface area contributed by atoms with Gasteiger partial charge in [-0.25, -0.2) is 0 Å². The molecule has 1 aliphatic rings. The van der Waals surface area contributed by atoms with Gasteiger partial charge in [-0.05, 0) is 55.0 Å². The minimum Gasteiger partial charge on any atom is -0.323 e. The van der Waals surface area contributed by atoms with Crippen molar-refractivity contribution in [2.24, 2.45) is 5.73 Å². The number of nitrogens with two attached hydrogens (primary N) is 1. The molecule has 0 amide bonds. The summed E-state index contributed by atoms with van der Waals surface area (Å²) in [6.07, 6.45) is 2.99. The van der Waals surface area contributed by atoms with E-state index < -0.39 is 10.8 Å². The third-order valence-corrected chi connectivity index (χ3v) is 6.04. The van der Waals surface area contributed by atoms with Crippen LogP contribution in [0.5, 0.6) is 0 Å². The Hall–Kier alpha value is -1.45. The zero-order chi connectivity index (χ0) is 14.8. The normalized spacial score (nSPS) is 23.1. The minimum absolute atomic E-state index is 0.00421. The lowest BCUT2D eigenvalue weighted by molar-refractivity contribution is 0.597. The molecular formula is C18H21NOS. The van der Waals surface area contributed by atoms with E-state index in [4.69, 9.17) is 5.73 Å². The van der Waals surface area contributed by atoms with Crippen molar-refractivity contribution < 1.29 is 4.21 Å². The van der Waals surface area contributed by atoms with Crippen LogP contribution in [0.3, 0.4) is 0 Å². The lowest BCUT2D eigenvalue weighted by atomic mass is 10.00. The summed E-state index contributed by atoms with van der Waals surface area (Å²) in [4.78, 5) is 0.898. The molecule has 0 aromatic heterocycles. The van der Waals surface area contributed by atoms with E-state index in [1.54, 1.807) is 0 Å². The van der Waals surface area contributed by atoms with E-state index >= 15 is 0 Å². The van der Waals surface area contributed by atoms with Gasteiger partial charge < -0.3 is 5.73 Å². The number of benzene rings is 2. The monoisotopic (exact) mass is 299 g/mol. The van der Waals surface area contributed by atoms with Crippen LogP contribution in [-0.2, 0) is 17.2 Å². The quantitative estimate of drug-likeness (QED) is 0.862. The Kier molecular flexibility index (Phi) is 4.22. The Bertz CT molecular complexity index is 668. The third kappa shape index (κ3) is 2.94. The second-order valence-electron chi connectivity index (χ2n) is 5.77. The average Bonchev–Trinajstić information content (AvgIpc) is 2.66. The van der Waals surface area contributed by atoms with Gasteiger partial charge in [0.15, 0.2) is 0 Å². The van der Waals surface area contributed by atoms with Crippen molar-refractivity contribution in [2.75, 3.05) is 0 Å². The molecule has 0 saturated carbocycles. The SMILES string of the molecule is Cc1cccc(S(=O)C2CCCc3ccccc3C2N)c1. The van der Waals surface area contributed by atoms with E-state index in [-0.39, 0.29) is 11.3 Å². The largest absolute Gasteiger partial charge is 0.323 e. The zero-order valence-electron chi connectivity index (χ0n) is 12.3. The summed E-state index contributed by atoms with van der Waals surface area (Å²) in [5, 5.41) is -0.00421. The Labute approximate surface area is 128 Å². The van der Waals surface area contributed by atoms with Gasteiger partial charge >= 0.3 is 0 Å². The first kappa shape index (κ1) is 14.5. The Morgan fingerprint density at radius 2 is 1.95 bits per heavy atom. The molecule has 2 N–H and O–H groups in total. The number of hydrogen-bond donors (Lipinski definition) is 1. The minimum atomic E-state index is -1.05. The molecule has 1 aliphatic carbocycles. The van der Waals surface area contributed by atoms with Crippen LogP contribution in [-0.4, -0.2) is 9.46 Å². The van der Waals surface area contributed by atoms with Crippen molar-refractivity contribution in [2.45, 2.75) is 42.4 Å². The van der Waals surface area contributed by atoms with Gasteiger partial charge in [0, 0.05) is 10.9 Å². The molecule has 110 valence electrons. The number of aryl methyl sites for hydroxylation is 2. The Morgan fingerprint density at radius 1 is 1.14 bits per heavy atom. The van der Waals surface area contributed by atoms with Crippen LogP contribution in [0.2, 0.25) is 0 Å². The average molecular weight is 299 g/mol. The summed E-state index contributed by atoms with van der Waals surface area (Å²) in [5.41, 5.74) is 10.1. The van der Waals surface area contributed by atoms with Crippen LogP contribution >= 0.6 is 0 Å². The van der Waals surface area contributed by atoms with E-state index in [2.05, 4.69) is 18.2 Å². The maximum Gasteiger partial charge on any atom is 0.0587 e. The first-order chi connectivity index (χ1) is 10.2. The lowest BCUT2D eigenvalue weighted by Crippen LogP contribution is -2.29. The number of hydrogen-bond acceptors (Lipinski definition) is 2. The Morgan fingerprint density at radius 3 is 2.76 bits per heavy atom. The molecule has 3 rings (SSSR count). The molecule has 0 saturated heterocycles. The fourth-order valence-electron chi connectivity index (χ4n) is 3.12. The third-order valence-electron chi connectivity index (χ3n) is 4.25. The molecular weight excluding hydrogens is 278 g/mol. The first-order valence-corrected chi connectivity index (χ1v) is 8.69. The van der Waals surface area contributed by atoms with Gasteiger partial charge in [0.2, 0.25) is 0 Å². The maximum atomic E-state index is 13.0. The molecule has 3 unspecified atom stereocenters. The molecule has 3 atom stereocenters. The highest BCUT2D eigenvalue weighted by Crippen LogP contribution is 2.32. The van der Waals surface area contributed by atoms with Crippen molar-refractivity contribution in [1.29, 1.82) is 0 Å². The molecule has 21 heavy (non-hydrogen) atoms. The van der Waals surface area contributed by atoms with E-state index in [1.807, 2.05) is 37.3 Å². The fraction of sp³-hybridized carbons (Fsp3) is 0.333. The van der Waals surface area contributed by atoms with E-state index in [9.17, 15) is 4.21 Å². The summed E-state index contributed by atoms with van der Waals surface area (Å²) in [7, 11) is -1.05. The zero-order valence-corrected chi connectivity index (χ0v) is 13.1. The van der Waals surface area contributed by atoms with Crippen LogP contribution in [0.15, 0.2) is 53.4 Å². The van der Waals surface area contributed by atoms with E-state index in [0.717, 1.165) is 29.7 Å². The number of rotatable bonds is 2. The maximum absolute atomic E-state index is 13.0. The second kappa shape index (κ2) is 6.12. The van der Waals surface area contributed by atoms with Crippen LogP contribution in [0.1, 0.15) is 35.6 Å². The van der Waals surface area contributed by atoms with Gasteiger partial charge in [-0.15, -0.1) is 0 Å². The molecule has 3 heteroatoms. The van der Waals surface area contributed by atoms with E-state index in [1.165, 1.54) is 11.1 Å². The highest BCUT2D eigenvalue weighted by atomic mass is 32.2. The van der Waals surface area contributed by atoms with Crippen molar-refractivity contribution in [3.63, 3.8) is 0 Å². The summed E-state index contributed by atoms with van der Waals surface area (Å²) < 4.78 is 13.0. The van der Waals surface area contributed by atoms with Crippen LogP contribution in [0.25, 0.3) is 0 Å². The van der Waals surface area contributed by atoms with Crippen LogP contribution in [0, 0.1) is 6.92 Å². The molecule has 0 heterocycles.